The molecule has 1 N–H and O–H groups in total. The van der Waals surface area contributed by atoms with E-state index in [-0.39, 0.29) is 12.3 Å². The first-order chi connectivity index (χ1) is 7.01. The quantitative estimate of drug-likeness (QED) is 0.748. The molecule has 0 aliphatic heterocycles. The molecule has 6 heteroatoms. The Morgan fingerprint density at radius 1 is 1.38 bits per heavy atom. The summed E-state index contributed by atoms with van der Waals surface area (Å²) in [7, 11) is -1.50. The van der Waals surface area contributed by atoms with Gasteiger partial charge in [0.15, 0.2) is 9.84 Å². The van der Waals surface area contributed by atoms with E-state index in [1.807, 2.05) is 0 Å². The smallest absolute Gasteiger partial charge is 0.323 e. The summed E-state index contributed by atoms with van der Waals surface area (Å²) < 4.78 is 23.1. The Balaban J connectivity index is 4.51. The van der Waals surface area contributed by atoms with Gasteiger partial charge in [-0.3, -0.25) is 9.69 Å². The van der Waals surface area contributed by atoms with Gasteiger partial charge in [0.05, 0.1) is 11.0 Å². The molecular formula is C10H21NO4S. The average Bonchev–Trinajstić information content (AvgIpc) is 2.13. The van der Waals surface area contributed by atoms with Crippen molar-refractivity contribution in [2.45, 2.75) is 38.5 Å². The van der Waals surface area contributed by atoms with Crippen LogP contribution in [0.15, 0.2) is 0 Å². The fraction of sp³-hybridized carbons (Fsp3) is 0.900. The molecule has 0 amide bonds. The summed E-state index contributed by atoms with van der Waals surface area (Å²) >= 11 is 0. The standard InChI is InChI=1S/C10H21NO4S/c1-8(2)16(14,15)7-6-11(5)10(3,4)9(12)13/h8H,6-7H2,1-5H3,(H,12,13). The Kier molecular flexibility index (Phi) is 4.94. The highest BCUT2D eigenvalue weighted by Crippen LogP contribution is 2.13. The van der Waals surface area contributed by atoms with Crippen LogP contribution in [0.3, 0.4) is 0 Å². The maximum absolute atomic E-state index is 11.6. The predicted octanol–water partition coefficient (Wildman–Crippen LogP) is 0.605. The van der Waals surface area contributed by atoms with E-state index in [9.17, 15) is 13.2 Å². The number of carbonyl (C=O) groups is 1. The third-order valence-electron chi connectivity index (χ3n) is 2.91. The Morgan fingerprint density at radius 2 is 1.81 bits per heavy atom. The van der Waals surface area contributed by atoms with Crippen molar-refractivity contribution in [1.29, 1.82) is 0 Å². The normalized spacial score (nSPS) is 13.4. The van der Waals surface area contributed by atoms with E-state index in [1.165, 1.54) is 4.90 Å². The lowest BCUT2D eigenvalue weighted by Crippen LogP contribution is -2.49. The lowest BCUT2D eigenvalue weighted by Gasteiger charge is -2.31. The van der Waals surface area contributed by atoms with Crippen molar-refractivity contribution in [2.75, 3.05) is 19.3 Å². The minimum Gasteiger partial charge on any atom is -0.480 e. The summed E-state index contributed by atoms with van der Waals surface area (Å²) in [5, 5.41) is 8.54. The number of likely N-dealkylation sites (N-methyl/N-ethyl adjacent to an activating group) is 1. The van der Waals surface area contributed by atoms with Gasteiger partial charge in [0, 0.05) is 6.54 Å². The minimum atomic E-state index is -3.11. The monoisotopic (exact) mass is 251 g/mol. The molecule has 0 aromatic carbocycles. The van der Waals surface area contributed by atoms with E-state index < -0.39 is 26.6 Å². The second-order valence-corrected chi connectivity index (χ2v) is 7.38. The number of carboxylic acid groups (broad SMARTS) is 1. The molecule has 0 aliphatic rings. The summed E-state index contributed by atoms with van der Waals surface area (Å²) in [6.07, 6.45) is 0. The van der Waals surface area contributed by atoms with Crippen LogP contribution >= 0.6 is 0 Å². The number of carboxylic acids is 1. The highest BCUT2D eigenvalue weighted by Gasteiger charge is 2.32. The SMILES string of the molecule is CC(C)S(=O)(=O)CCN(C)C(C)(C)C(=O)O. The molecule has 0 unspecified atom stereocenters. The third kappa shape index (κ3) is 3.75. The van der Waals surface area contributed by atoms with Gasteiger partial charge < -0.3 is 5.11 Å². The van der Waals surface area contributed by atoms with Gasteiger partial charge in [0.2, 0.25) is 0 Å². The molecule has 5 nitrogen and oxygen atoms in total. The number of nitrogens with zero attached hydrogens (tertiary/aromatic N) is 1. The molecule has 16 heavy (non-hydrogen) atoms. The molecule has 0 heterocycles. The zero-order valence-electron chi connectivity index (χ0n) is 10.5. The molecule has 0 saturated carbocycles. The van der Waals surface area contributed by atoms with E-state index >= 15 is 0 Å². The number of hydrogen-bond donors (Lipinski definition) is 1. The zero-order valence-corrected chi connectivity index (χ0v) is 11.3. The van der Waals surface area contributed by atoms with Crippen molar-refractivity contribution in [3.8, 4) is 0 Å². The van der Waals surface area contributed by atoms with E-state index in [0.717, 1.165) is 0 Å². The number of rotatable bonds is 6. The van der Waals surface area contributed by atoms with Crippen LogP contribution in [-0.2, 0) is 14.6 Å². The summed E-state index contributed by atoms with van der Waals surface area (Å²) in [4.78, 5) is 12.5. The van der Waals surface area contributed by atoms with Crippen molar-refractivity contribution in [3.05, 3.63) is 0 Å². The summed E-state index contributed by atoms with van der Waals surface area (Å²) in [5.41, 5.74) is -1.05. The van der Waals surface area contributed by atoms with E-state index in [0.29, 0.717) is 0 Å². The Morgan fingerprint density at radius 3 is 2.12 bits per heavy atom. The van der Waals surface area contributed by atoms with Crippen molar-refractivity contribution in [2.24, 2.45) is 0 Å². The van der Waals surface area contributed by atoms with Gasteiger partial charge in [-0.05, 0) is 34.7 Å². The molecule has 0 rings (SSSR count). The molecule has 0 aromatic rings. The molecule has 96 valence electrons. The van der Waals surface area contributed by atoms with Gasteiger partial charge in [-0.15, -0.1) is 0 Å². The fourth-order valence-electron chi connectivity index (χ4n) is 0.943. The zero-order chi connectivity index (χ0) is 13.1. The third-order valence-corrected chi connectivity index (χ3v) is 5.10. The van der Waals surface area contributed by atoms with Gasteiger partial charge >= 0.3 is 5.97 Å². The Bertz CT molecular complexity index is 346. The van der Waals surface area contributed by atoms with E-state index in [4.69, 9.17) is 5.11 Å². The van der Waals surface area contributed by atoms with E-state index in [1.54, 1.807) is 34.7 Å². The average molecular weight is 251 g/mol. The molecule has 0 spiro atoms. The van der Waals surface area contributed by atoms with Crippen LogP contribution in [-0.4, -0.2) is 54.5 Å². The first kappa shape index (κ1) is 15.4. The number of hydrogen-bond acceptors (Lipinski definition) is 4. The first-order valence-corrected chi connectivity index (χ1v) is 6.89. The lowest BCUT2D eigenvalue weighted by atomic mass is 10.0. The predicted molar refractivity (Wildman–Crippen MR) is 63.3 cm³/mol. The molecule has 0 aromatic heterocycles. The molecule has 0 saturated heterocycles. The Hall–Kier alpha value is -0.620. The second-order valence-electron chi connectivity index (χ2n) is 4.70. The van der Waals surface area contributed by atoms with Crippen molar-refractivity contribution >= 4 is 15.8 Å². The van der Waals surface area contributed by atoms with Crippen molar-refractivity contribution < 1.29 is 18.3 Å². The lowest BCUT2D eigenvalue weighted by molar-refractivity contribution is -0.148. The first-order valence-electron chi connectivity index (χ1n) is 5.18. The van der Waals surface area contributed by atoms with Gasteiger partial charge in [0.1, 0.15) is 5.54 Å². The molecule has 0 radical (unpaired) electrons. The Labute approximate surface area is 97.4 Å². The van der Waals surface area contributed by atoms with Crippen LogP contribution in [0.4, 0.5) is 0 Å². The summed E-state index contributed by atoms with van der Waals surface area (Å²) in [6, 6.07) is 0. The maximum Gasteiger partial charge on any atom is 0.323 e. The largest absolute Gasteiger partial charge is 0.480 e. The van der Waals surface area contributed by atoms with Crippen LogP contribution in [0.2, 0.25) is 0 Å². The summed E-state index contributed by atoms with van der Waals surface area (Å²) in [5.74, 6) is -0.977. The van der Waals surface area contributed by atoms with Gasteiger partial charge in [-0.1, -0.05) is 0 Å². The van der Waals surface area contributed by atoms with Crippen LogP contribution in [0.5, 0.6) is 0 Å². The molecule has 0 atom stereocenters. The summed E-state index contributed by atoms with van der Waals surface area (Å²) in [6.45, 7) is 6.57. The molecular weight excluding hydrogens is 230 g/mol. The fourth-order valence-corrected chi connectivity index (χ4v) is 1.94. The minimum absolute atomic E-state index is 0.0160. The van der Waals surface area contributed by atoms with Crippen molar-refractivity contribution in [1.82, 2.24) is 4.90 Å². The molecule has 0 bridgehead atoms. The van der Waals surface area contributed by atoms with Gasteiger partial charge in [-0.2, -0.15) is 0 Å². The number of aliphatic carboxylic acids is 1. The van der Waals surface area contributed by atoms with E-state index in [2.05, 4.69) is 0 Å². The molecule has 0 aliphatic carbocycles. The van der Waals surface area contributed by atoms with Crippen LogP contribution in [0, 0.1) is 0 Å². The highest BCUT2D eigenvalue weighted by molar-refractivity contribution is 7.92. The topological polar surface area (TPSA) is 74.7 Å². The van der Waals surface area contributed by atoms with Gasteiger partial charge in [-0.25, -0.2) is 8.42 Å². The van der Waals surface area contributed by atoms with Crippen molar-refractivity contribution in [3.63, 3.8) is 0 Å². The number of sulfone groups is 1. The van der Waals surface area contributed by atoms with Crippen LogP contribution < -0.4 is 0 Å². The highest BCUT2D eigenvalue weighted by atomic mass is 32.2. The van der Waals surface area contributed by atoms with Gasteiger partial charge in [0.25, 0.3) is 0 Å². The van der Waals surface area contributed by atoms with Crippen LogP contribution in [0.1, 0.15) is 27.7 Å². The molecule has 0 fully saturated rings. The maximum atomic E-state index is 11.6. The van der Waals surface area contributed by atoms with Crippen LogP contribution in [0.25, 0.3) is 0 Å². The second kappa shape index (κ2) is 5.14.